The fourth-order valence-corrected chi connectivity index (χ4v) is 2.64. The first-order chi connectivity index (χ1) is 12.6. The van der Waals surface area contributed by atoms with E-state index in [9.17, 15) is 5.11 Å². The van der Waals surface area contributed by atoms with E-state index in [-0.39, 0.29) is 24.0 Å². The van der Waals surface area contributed by atoms with Crippen molar-refractivity contribution in [2.24, 2.45) is 4.99 Å². The van der Waals surface area contributed by atoms with Gasteiger partial charge in [-0.1, -0.05) is 42.5 Å². The van der Waals surface area contributed by atoms with Crippen LogP contribution in [-0.4, -0.2) is 31.3 Å². The third-order valence-electron chi connectivity index (χ3n) is 4.13. The van der Waals surface area contributed by atoms with Crippen LogP contribution in [0, 0.1) is 6.92 Å². The number of ether oxygens (including phenoxy) is 1. The van der Waals surface area contributed by atoms with Gasteiger partial charge in [-0.25, -0.2) is 4.99 Å². The lowest BCUT2D eigenvalue weighted by Gasteiger charge is -2.14. The van der Waals surface area contributed by atoms with Gasteiger partial charge in [0.15, 0.2) is 5.96 Å². The smallest absolute Gasteiger partial charge is 0.191 e. The number of halogens is 1. The standard InChI is InChI=1S/C21H29N3O2.HI/c1-4-22-21(23-13-12-19(25)18-8-6-5-7-9-18)24-15-17-11-10-16(2)20(14-17)26-3;/h5-11,14,19,25H,4,12-13,15H2,1-3H3,(H2,22,23,24);1H. The Morgan fingerprint density at radius 1 is 1.15 bits per heavy atom. The van der Waals surface area contributed by atoms with Gasteiger partial charge in [0.2, 0.25) is 0 Å². The molecule has 0 aliphatic carbocycles. The number of benzene rings is 2. The van der Waals surface area contributed by atoms with E-state index in [1.807, 2.05) is 56.3 Å². The van der Waals surface area contributed by atoms with E-state index < -0.39 is 6.10 Å². The minimum atomic E-state index is -0.479. The van der Waals surface area contributed by atoms with E-state index in [2.05, 4.69) is 21.7 Å². The van der Waals surface area contributed by atoms with Crippen molar-refractivity contribution < 1.29 is 9.84 Å². The maximum atomic E-state index is 10.2. The molecule has 5 nitrogen and oxygen atoms in total. The Bertz CT molecular complexity index is 708. The molecule has 27 heavy (non-hydrogen) atoms. The zero-order chi connectivity index (χ0) is 18.8. The Hall–Kier alpha value is -1.80. The van der Waals surface area contributed by atoms with Gasteiger partial charge in [-0.2, -0.15) is 0 Å². The minimum absolute atomic E-state index is 0. The Kier molecular flexibility index (Phi) is 10.8. The maximum Gasteiger partial charge on any atom is 0.191 e. The molecule has 6 heteroatoms. The average Bonchev–Trinajstić information content (AvgIpc) is 2.67. The monoisotopic (exact) mass is 483 g/mol. The summed E-state index contributed by atoms with van der Waals surface area (Å²) in [6.45, 7) is 6.04. The SMILES string of the molecule is CCNC(=NCc1ccc(C)c(OC)c1)NCCC(O)c1ccccc1.I. The van der Waals surface area contributed by atoms with Gasteiger partial charge in [-0.15, -0.1) is 24.0 Å². The van der Waals surface area contributed by atoms with Crippen LogP contribution in [0.4, 0.5) is 0 Å². The Balaban J connectivity index is 0.00000364. The van der Waals surface area contributed by atoms with Crippen LogP contribution >= 0.6 is 24.0 Å². The van der Waals surface area contributed by atoms with Crippen LogP contribution in [0.15, 0.2) is 53.5 Å². The molecule has 0 radical (unpaired) electrons. The number of nitrogens with one attached hydrogen (secondary N) is 2. The summed E-state index contributed by atoms with van der Waals surface area (Å²) in [6.07, 6.45) is 0.139. The topological polar surface area (TPSA) is 65.9 Å². The molecular weight excluding hydrogens is 453 g/mol. The molecule has 148 valence electrons. The number of guanidine groups is 1. The number of methoxy groups -OCH3 is 1. The van der Waals surface area contributed by atoms with Crippen LogP contribution in [-0.2, 0) is 6.54 Å². The molecule has 0 saturated carbocycles. The number of aliphatic imine (C=N–C) groups is 1. The predicted octanol–water partition coefficient (Wildman–Crippen LogP) is 3.80. The second-order valence-corrected chi connectivity index (χ2v) is 6.14. The van der Waals surface area contributed by atoms with E-state index in [0.717, 1.165) is 34.9 Å². The predicted molar refractivity (Wildman–Crippen MR) is 122 cm³/mol. The van der Waals surface area contributed by atoms with Crippen LogP contribution in [0.3, 0.4) is 0 Å². The summed E-state index contributed by atoms with van der Waals surface area (Å²) in [5, 5.41) is 16.8. The molecule has 1 atom stereocenters. The second kappa shape index (κ2) is 12.6. The van der Waals surface area contributed by atoms with Crippen LogP contribution in [0.1, 0.15) is 36.1 Å². The number of aliphatic hydroxyl groups is 1. The first kappa shape index (κ1) is 23.2. The lowest BCUT2D eigenvalue weighted by molar-refractivity contribution is 0.168. The largest absolute Gasteiger partial charge is 0.496 e. The molecule has 0 spiro atoms. The quantitative estimate of drug-likeness (QED) is 0.304. The van der Waals surface area contributed by atoms with Gasteiger partial charge in [0.1, 0.15) is 5.75 Å². The maximum absolute atomic E-state index is 10.2. The van der Waals surface area contributed by atoms with Gasteiger partial charge in [-0.3, -0.25) is 0 Å². The molecule has 0 fully saturated rings. The Morgan fingerprint density at radius 2 is 1.89 bits per heavy atom. The molecule has 3 N–H and O–H groups in total. The number of hydrogen-bond acceptors (Lipinski definition) is 3. The van der Waals surface area contributed by atoms with E-state index in [0.29, 0.717) is 19.5 Å². The summed E-state index contributed by atoms with van der Waals surface area (Å²) in [5.41, 5.74) is 3.14. The van der Waals surface area contributed by atoms with Crippen LogP contribution in [0.5, 0.6) is 5.75 Å². The van der Waals surface area contributed by atoms with E-state index in [1.54, 1.807) is 7.11 Å². The first-order valence-corrected chi connectivity index (χ1v) is 9.02. The van der Waals surface area contributed by atoms with Gasteiger partial charge < -0.3 is 20.5 Å². The van der Waals surface area contributed by atoms with E-state index in [4.69, 9.17) is 4.74 Å². The number of aryl methyl sites for hydroxylation is 1. The van der Waals surface area contributed by atoms with Crippen molar-refractivity contribution >= 4 is 29.9 Å². The molecule has 2 rings (SSSR count). The fourth-order valence-electron chi connectivity index (χ4n) is 2.64. The molecule has 0 heterocycles. The van der Waals surface area contributed by atoms with Crippen molar-refractivity contribution in [2.45, 2.75) is 32.9 Å². The summed E-state index contributed by atoms with van der Waals surface area (Å²) in [7, 11) is 1.68. The summed E-state index contributed by atoms with van der Waals surface area (Å²) in [5.74, 6) is 1.62. The lowest BCUT2D eigenvalue weighted by atomic mass is 10.1. The molecular formula is C21H30IN3O2. The molecule has 2 aromatic rings. The van der Waals surface area contributed by atoms with Crippen LogP contribution in [0.25, 0.3) is 0 Å². The van der Waals surface area contributed by atoms with Crippen molar-refractivity contribution in [2.75, 3.05) is 20.2 Å². The van der Waals surface area contributed by atoms with Gasteiger partial charge in [0.05, 0.1) is 19.8 Å². The zero-order valence-electron chi connectivity index (χ0n) is 16.2. The van der Waals surface area contributed by atoms with Gasteiger partial charge in [0.25, 0.3) is 0 Å². The molecule has 0 saturated heterocycles. The molecule has 0 aromatic heterocycles. The molecule has 0 bridgehead atoms. The average molecular weight is 483 g/mol. The van der Waals surface area contributed by atoms with Crippen LogP contribution < -0.4 is 15.4 Å². The molecule has 0 aliphatic heterocycles. The van der Waals surface area contributed by atoms with Crippen LogP contribution in [0.2, 0.25) is 0 Å². The molecule has 1 unspecified atom stereocenters. The molecule has 0 amide bonds. The van der Waals surface area contributed by atoms with Crippen molar-refractivity contribution in [1.82, 2.24) is 10.6 Å². The van der Waals surface area contributed by atoms with E-state index in [1.165, 1.54) is 0 Å². The number of rotatable bonds is 8. The van der Waals surface area contributed by atoms with E-state index >= 15 is 0 Å². The van der Waals surface area contributed by atoms with Crippen molar-refractivity contribution in [3.8, 4) is 5.75 Å². The molecule has 0 aliphatic rings. The highest BCUT2D eigenvalue weighted by Gasteiger charge is 2.07. The molecule has 2 aromatic carbocycles. The summed E-state index contributed by atoms with van der Waals surface area (Å²) >= 11 is 0. The number of aliphatic hydroxyl groups excluding tert-OH is 1. The Morgan fingerprint density at radius 3 is 2.56 bits per heavy atom. The second-order valence-electron chi connectivity index (χ2n) is 6.14. The summed E-state index contributed by atoms with van der Waals surface area (Å²) < 4.78 is 5.37. The third-order valence-corrected chi connectivity index (χ3v) is 4.13. The fraction of sp³-hybridized carbons (Fsp3) is 0.381. The van der Waals surface area contributed by atoms with Crippen molar-refractivity contribution in [1.29, 1.82) is 0 Å². The van der Waals surface area contributed by atoms with Crippen molar-refractivity contribution in [3.63, 3.8) is 0 Å². The summed E-state index contributed by atoms with van der Waals surface area (Å²) in [6, 6.07) is 15.8. The third kappa shape index (κ3) is 7.76. The highest BCUT2D eigenvalue weighted by Crippen LogP contribution is 2.19. The lowest BCUT2D eigenvalue weighted by Crippen LogP contribution is -2.38. The minimum Gasteiger partial charge on any atom is -0.496 e. The van der Waals surface area contributed by atoms with Gasteiger partial charge >= 0.3 is 0 Å². The summed E-state index contributed by atoms with van der Waals surface area (Å²) in [4.78, 5) is 4.62. The number of hydrogen-bond donors (Lipinski definition) is 3. The number of nitrogens with zero attached hydrogens (tertiary/aromatic N) is 1. The Labute approximate surface area is 179 Å². The van der Waals surface area contributed by atoms with Gasteiger partial charge in [-0.05, 0) is 43.0 Å². The normalized spacial score (nSPS) is 12.1. The highest BCUT2D eigenvalue weighted by atomic mass is 127. The first-order valence-electron chi connectivity index (χ1n) is 9.02. The zero-order valence-corrected chi connectivity index (χ0v) is 18.6. The van der Waals surface area contributed by atoms with Crippen molar-refractivity contribution in [3.05, 3.63) is 65.2 Å². The highest BCUT2D eigenvalue weighted by molar-refractivity contribution is 14.0. The van der Waals surface area contributed by atoms with Gasteiger partial charge in [0, 0.05) is 13.1 Å².